The van der Waals surface area contributed by atoms with Crippen molar-refractivity contribution in [1.29, 1.82) is 0 Å². The van der Waals surface area contributed by atoms with Crippen molar-refractivity contribution in [2.24, 2.45) is 11.8 Å². The Morgan fingerprint density at radius 3 is 1.79 bits per heavy atom. The van der Waals surface area contributed by atoms with Gasteiger partial charge in [0.05, 0.1) is 105 Å². The highest BCUT2D eigenvalue weighted by atomic mass is 16.5. The maximum atomic E-state index is 11.5. The highest BCUT2D eigenvalue weighted by Gasteiger charge is 2.44. The third-order valence-corrected chi connectivity index (χ3v) is 19.2. The fourth-order valence-electron chi connectivity index (χ4n) is 12.4. The van der Waals surface area contributed by atoms with Gasteiger partial charge in [-0.3, -0.25) is 23.8 Å². The molecular weight excluding hydrogens is 1400 g/mol. The van der Waals surface area contributed by atoms with E-state index in [1.165, 1.54) is 36.1 Å². The summed E-state index contributed by atoms with van der Waals surface area (Å²) in [6.45, 7) is 10.2. The quantitative estimate of drug-likeness (QED) is 0.0301. The second-order valence-corrected chi connectivity index (χ2v) is 26.3. The fourth-order valence-corrected chi connectivity index (χ4v) is 12.4. The molecule has 3 saturated carbocycles. The molecule has 0 aromatic carbocycles. The van der Waals surface area contributed by atoms with Gasteiger partial charge in [0.15, 0.2) is 57.3 Å². The Morgan fingerprint density at radius 2 is 1.19 bits per heavy atom. The Morgan fingerprint density at radius 1 is 0.607 bits per heavy atom. The summed E-state index contributed by atoms with van der Waals surface area (Å²) in [5.41, 5.74) is 26.2. The zero-order chi connectivity index (χ0) is 77.3. The number of imidazole rings is 2. The number of nitrogens with zero attached hydrogens (tertiary/aromatic N) is 19. The molecule has 0 radical (unpaired) electrons. The number of piperidine rings is 2. The largest absolute Gasteiger partial charge is 0.396 e. The number of aliphatic hydroxyl groups is 13. The number of aliphatic hydroxyl groups excluding tert-OH is 13. The first-order valence-electron chi connectivity index (χ1n) is 34.9. The van der Waals surface area contributed by atoms with E-state index in [-0.39, 0.29) is 80.4 Å². The first-order valence-corrected chi connectivity index (χ1v) is 34.9. The van der Waals surface area contributed by atoms with Gasteiger partial charge in [-0.1, -0.05) is 24.1 Å². The summed E-state index contributed by atoms with van der Waals surface area (Å²) < 4.78 is 18.7. The van der Waals surface area contributed by atoms with E-state index < -0.39 is 72.4 Å². The van der Waals surface area contributed by atoms with E-state index in [0.717, 1.165) is 51.9 Å². The van der Waals surface area contributed by atoms with Crippen molar-refractivity contribution in [3.05, 3.63) is 95.0 Å². The minimum atomic E-state index is -1.02. The standard InChI is InChI=1S/C14H29NO4.C10H13N5O2.C10H12N2O4.C9H12N6O2.2C8H9N5O.C6H13NO3/c1-3-19-9-7-5-4-6-8-15-10-12(16)14(18)13(17)11(15)2;11-9-5-2-14-15(10(5)13-4-12-9)7-1-8(17)6(7)3-16;1-6-4-12(10(15)11-9(6)14)8-3-2-7(5-13)16-8;10-8-7-9(12-3-11-8)15(14-13-7)5-1-6(17)4(5)2-16;9-7-6-8(11-2-10-7)13(3-12-6)4-1-5(4)14;9-7-6-8(11-4-10-7)13(5-12-6)2-1-3-14;1-3-5(9)6(10)4(8)2-7-3/h11-14,16-18H,3-10H2,1-2H3;2,4,6-8,16-17H,1,3H2,(H2,11,12,13);2-4,7-8,13H,5H2,1H3,(H,11,14,15);3-6,16-17H,1-2H2,(H2,10,11,12);2-5,14H,1H2,(H2,9,10,11);1-2,4-5,14H,3H2,(H2,9,10,11);3-10H,2H2,1H3/b;;;;;2-1-;/t11-,12+,13+,14-;6-,7?,8?;;4-,5?,6?;;;3-,4+,5+,6-/m10.0..1/s1. The van der Waals surface area contributed by atoms with Crippen molar-refractivity contribution in [1.82, 2.24) is 104 Å². The van der Waals surface area contributed by atoms with Crippen LogP contribution in [-0.2, 0) is 9.47 Å². The molecule has 584 valence electrons. The fraction of sp³-hybridized carbons (Fsp3) is 0.585. The molecule has 9 aromatic heterocycles. The molecule has 42 nitrogen and oxygen atoms in total. The Hall–Kier alpha value is -9.19. The second-order valence-electron chi connectivity index (χ2n) is 26.3. The molecule has 107 heavy (non-hydrogen) atoms. The molecule has 3 aliphatic heterocycles. The molecule has 0 spiro atoms. The number of nitrogens with two attached hydrogens (primary N) is 4. The van der Waals surface area contributed by atoms with Crippen molar-refractivity contribution in [2.75, 3.05) is 82.2 Å². The van der Waals surface area contributed by atoms with Crippen LogP contribution in [0.3, 0.4) is 0 Å². The molecule has 3 aliphatic carbocycles. The number of ether oxygens (including phenoxy) is 2. The first-order chi connectivity index (χ1) is 51.3. The average molecular weight is 1500 g/mol. The third-order valence-electron chi connectivity index (χ3n) is 19.2. The van der Waals surface area contributed by atoms with Gasteiger partial charge in [0.1, 0.15) is 61.3 Å². The first kappa shape index (κ1) is 81.9. The van der Waals surface area contributed by atoms with Crippen molar-refractivity contribution in [2.45, 2.75) is 170 Å². The molecule has 6 aliphatic rings. The van der Waals surface area contributed by atoms with Crippen molar-refractivity contribution in [3.63, 3.8) is 0 Å². The van der Waals surface area contributed by atoms with E-state index in [4.69, 9.17) is 57.9 Å². The van der Waals surface area contributed by atoms with Gasteiger partial charge in [0.25, 0.3) is 5.56 Å². The lowest BCUT2D eigenvalue weighted by molar-refractivity contribution is -0.133. The van der Waals surface area contributed by atoms with Gasteiger partial charge >= 0.3 is 5.69 Å². The van der Waals surface area contributed by atoms with Crippen LogP contribution in [0, 0.1) is 18.8 Å². The van der Waals surface area contributed by atoms with Gasteiger partial charge in [0, 0.05) is 68.2 Å². The molecule has 8 unspecified atom stereocenters. The summed E-state index contributed by atoms with van der Waals surface area (Å²) in [6.07, 6.45) is 17.0. The number of likely N-dealkylation sites (tertiary alicyclic amines) is 1. The molecule has 12 heterocycles. The summed E-state index contributed by atoms with van der Waals surface area (Å²) in [4.78, 5) is 66.8. The number of nitrogen functional groups attached to an aromatic ring is 4. The molecular formula is C65H97N25O17. The van der Waals surface area contributed by atoms with Crippen molar-refractivity contribution >= 4 is 74.0 Å². The zero-order valence-corrected chi connectivity index (χ0v) is 59.4. The third kappa shape index (κ3) is 19.8. The van der Waals surface area contributed by atoms with Gasteiger partial charge in [0.2, 0.25) is 0 Å². The van der Waals surface area contributed by atoms with Gasteiger partial charge < -0.3 is 109 Å². The number of H-pyrrole nitrogens is 1. The summed E-state index contributed by atoms with van der Waals surface area (Å²) in [5.74, 6) is 0.990. The zero-order valence-electron chi connectivity index (χ0n) is 59.4. The maximum absolute atomic E-state index is 11.5. The summed E-state index contributed by atoms with van der Waals surface area (Å²) >= 11 is 0. The monoisotopic (exact) mass is 1500 g/mol. The number of rotatable bonds is 17. The van der Waals surface area contributed by atoms with Crippen LogP contribution in [0.2, 0.25) is 0 Å². The highest BCUT2D eigenvalue weighted by molar-refractivity contribution is 5.85. The number of β-amino-alcohol motifs (C(OH)–C–C–N with tert-alkyl or cyclic N) is 2. The minimum Gasteiger partial charge on any atom is -0.396 e. The Kier molecular flexibility index (Phi) is 29.1. The summed E-state index contributed by atoms with van der Waals surface area (Å²) in [6, 6.07) is -0.245. The molecule has 23 N–H and O–H groups in total. The molecule has 42 heteroatoms. The molecule has 2 saturated heterocycles. The highest BCUT2D eigenvalue weighted by Crippen LogP contribution is 2.41. The predicted octanol–water partition coefficient (Wildman–Crippen LogP) is -4.65. The second kappa shape index (κ2) is 38.1. The topological polar surface area (TPSA) is 643 Å². The normalized spacial score (nSPS) is 27.8. The SMILES string of the molecule is CCOCCCCCCN1C[C@H](O)[C@@H](O)[C@@H](O)[C@H]1C.C[C@H]1NC[C@H](O)[C@@H](O)[C@H]1O.Cc1cn(C2C=CC(CO)O2)c(=O)[nH]c1=O.Nc1ncnc2c1cnn2C1CC(O)[C@H]1CO.Nc1ncnc2c1ncn2/C=C\CO.Nc1ncnc2c1ncn2C1CC1O.Nc1ncnc2c1nnn2C1CC(O)[C@H]1CO. The van der Waals surface area contributed by atoms with Crippen LogP contribution in [0.5, 0.6) is 0 Å². The minimum absolute atomic E-state index is 0.0261. The molecule has 5 fully saturated rings. The van der Waals surface area contributed by atoms with E-state index in [9.17, 15) is 50.4 Å². The Bertz CT molecular complexity index is 4370. The summed E-state index contributed by atoms with van der Waals surface area (Å²) in [7, 11) is 0. The van der Waals surface area contributed by atoms with Crippen LogP contribution in [0.15, 0.2) is 78.2 Å². The van der Waals surface area contributed by atoms with Crippen LogP contribution in [-0.4, -0.2) is 297 Å². The number of aromatic nitrogens is 19. The number of hydrogen-bond acceptors (Lipinski definition) is 36. The van der Waals surface area contributed by atoms with Gasteiger partial charge in [-0.25, -0.2) is 64.0 Å². The number of fused-ring (bicyclic) bond motifs is 4. The van der Waals surface area contributed by atoms with Gasteiger partial charge in [-0.2, -0.15) is 5.10 Å². The number of unbranched alkanes of at least 4 members (excludes halogenated alkanes) is 3. The molecule has 9 aromatic rings. The lowest BCUT2D eigenvalue weighted by Gasteiger charge is -2.42. The number of hydrogen-bond donors (Lipinski definition) is 19. The summed E-state index contributed by atoms with van der Waals surface area (Å²) in [5, 5.41) is 136. The van der Waals surface area contributed by atoms with Crippen LogP contribution < -0.4 is 39.5 Å². The lowest BCUT2D eigenvalue weighted by atomic mass is 9.77. The molecule has 18 atom stereocenters. The molecule has 0 amide bonds. The average Bonchev–Trinajstić information content (AvgIpc) is 1.64. The van der Waals surface area contributed by atoms with E-state index in [2.05, 4.69) is 80.5 Å². The number of aryl methyl sites for hydroxylation is 1. The number of anilines is 4. The van der Waals surface area contributed by atoms with E-state index in [0.29, 0.717) is 93.5 Å². The van der Waals surface area contributed by atoms with Crippen LogP contribution in [0.4, 0.5) is 23.3 Å². The van der Waals surface area contributed by atoms with Crippen molar-refractivity contribution < 1.29 is 75.9 Å². The Labute approximate surface area is 610 Å². The lowest BCUT2D eigenvalue weighted by Crippen LogP contribution is -2.60. The number of aromatic amines is 1. The van der Waals surface area contributed by atoms with Crippen LogP contribution >= 0.6 is 0 Å². The van der Waals surface area contributed by atoms with Crippen LogP contribution in [0.1, 0.15) is 95.6 Å². The smallest absolute Gasteiger partial charge is 0.330 e. The van der Waals surface area contributed by atoms with Gasteiger partial charge in [-0.05, 0) is 78.5 Å². The molecule has 0 bridgehead atoms. The van der Waals surface area contributed by atoms with E-state index in [1.807, 2.05) is 18.4 Å². The maximum Gasteiger partial charge on any atom is 0.330 e. The number of nitrogens with one attached hydrogen (secondary N) is 2. The van der Waals surface area contributed by atoms with E-state index in [1.54, 1.807) is 71.1 Å². The van der Waals surface area contributed by atoms with Crippen LogP contribution in [0.25, 0.3) is 50.7 Å². The predicted molar refractivity (Wildman–Crippen MR) is 385 cm³/mol. The molecule has 15 rings (SSSR count). The Balaban J connectivity index is 0.000000145. The van der Waals surface area contributed by atoms with Gasteiger partial charge in [-0.15, -0.1) is 5.10 Å². The van der Waals surface area contributed by atoms with Crippen molar-refractivity contribution in [3.8, 4) is 0 Å². The van der Waals surface area contributed by atoms with E-state index >= 15 is 0 Å².